The zero-order chi connectivity index (χ0) is 23.3. The Morgan fingerprint density at radius 1 is 0.969 bits per heavy atom. The average molecular weight is 448 g/mol. The van der Waals surface area contributed by atoms with Crippen LogP contribution in [-0.2, 0) is 0 Å². The normalized spacial score (nSPS) is 21.3. The molecule has 2 aliphatic heterocycles. The quantitative estimate of drug-likeness (QED) is 0.378. The molecule has 3 heterocycles. The first-order valence-electron chi connectivity index (χ1n) is 12.2. The Balaban J connectivity index is 1.75. The van der Waals surface area contributed by atoms with Gasteiger partial charge in [-0.2, -0.15) is 4.98 Å². The van der Waals surface area contributed by atoms with Gasteiger partial charge in [0.15, 0.2) is 0 Å². The molecule has 0 amide bonds. The van der Waals surface area contributed by atoms with E-state index >= 15 is 0 Å². The van der Waals surface area contributed by atoms with Crippen LogP contribution >= 0.6 is 0 Å². The highest BCUT2D eigenvalue weighted by Crippen LogP contribution is 2.35. The van der Waals surface area contributed by atoms with E-state index in [1.54, 1.807) is 6.92 Å². The molecule has 3 rings (SSSR count). The summed E-state index contributed by atoms with van der Waals surface area (Å²) in [6.45, 7) is 13.9. The van der Waals surface area contributed by atoms with Crippen molar-refractivity contribution in [1.82, 2.24) is 19.8 Å². The number of hydrogen-bond acceptors (Lipinski definition) is 8. The number of aromatic nitrogens is 2. The molecule has 1 aromatic rings. The van der Waals surface area contributed by atoms with Crippen LogP contribution in [-0.4, -0.2) is 91.1 Å². The van der Waals surface area contributed by atoms with E-state index in [1.807, 2.05) is 0 Å². The molecule has 9 heteroatoms. The predicted molar refractivity (Wildman–Crippen MR) is 130 cm³/mol. The summed E-state index contributed by atoms with van der Waals surface area (Å²) >= 11 is 0. The van der Waals surface area contributed by atoms with Gasteiger partial charge in [-0.05, 0) is 71.6 Å². The Bertz CT molecular complexity index is 775. The van der Waals surface area contributed by atoms with Crippen LogP contribution in [0.2, 0.25) is 0 Å². The lowest BCUT2D eigenvalue weighted by Gasteiger charge is -2.24. The van der Waals surface area contributed by atoms with Gasteiger partial charge in [0.25, 0.3) is 0 Å². The van der Waals surface area contributed by atoms with Crippen molar-refractivity contribution in [2.24, 2.45) is 11.8 Å². The highest BCUT2D eigenvalue weighted by atomic mass is 16.6. The van der Waals surface area contributed by atoms with Crippen molar-refractivity contribution < 1.29 is 4.92 Å². The van der Waals surface area contributed by atoms with Gasteiger partial charge in [0.05, 0.1) is 4.92 Å². The maximum absolute atomic E-state index is 11.9. The summed E-state index contributed by atoms with van der Waals surface area (Å²) in [5.41, 5.74) is 0.530. The van der Waals surface area contributed by atoms with E-state index in [9.17, 15) is 10.1 Å². The van der Waals surface area contributed by atoms with E-state index in [0.717, 1.165) is 78.0 Å². The molecule has 2 fully saturated rings. The van der Waals surface area contributed by atoms with Crippen LogP contribution in [0.3, 0.4) is 0 Å². The monoisotopic (exact) mass is 447 g/mol. The molecule has 2 aliphatic rings. The van der Waals surface area contributed by atoms with Gasteiger partial charge in [-0.25, -0.2) is 4.98 Å². The second-order valence-corrected chi connectivity index (χ2v) is 9.76. The Hall–Kier alpha value is -2.00. The zero-order valence-electron chi connectivity index (χ0n) is 20.6. The summed E-state index contributed by atoms with van der Waals surface area (Å²) in [5.74, 6) is 2.24. The van der Waals surface area contributed by atoms with Crippen LogP contribution in [0.15, 0.2) is 0 Å². The van der Waals surface area contributed by atoms with E-state index in [1.165, 1.54) is 0 Å². The standard InChI is InChI=1S/C23H41N7O2/c1-6-10-26(4)14-19-8-12-28(16-19)22-21(30(31)32)18(3)24-23(25-22)29-13-9-20(17-29)15-27(5)11-7-2/h19-20H,6-17H2,1-5H3/t19-,20-/m1/s1. The largest absolute Gasteiger partial charge is 0.350 e. The highest BCUT2D eigenvalue weighted by Gasteiger charge is 2.34. The van der Waals surface area contributed by atoms with Gasteiger partial charge in [-0.3, -0.25) is 10.1 Å². The van der Waals surface area contributed by atoms with Crippen molar-refractivity contribution in [1.29, 1.82) is 0 Å². The van der Waals surface area contributed by atoms with Gasteiger partial charge < -0.3 is 19.6 Å². The third kappa shape index (κ3) is 6.07. The molecule has 9 nitrogen and oxygen atoms in total. The summed E-state index contributed by atoms with van der Waals surface area (Å²) in [6, 6.07) is 0. The molecular weight excluding hydrogens is 406 g/mol. The summed E-state index contributed by atoms with van der Waals surface area (Å²) in [6.07, 6.45) is 4.45. The predicted octanol–water partition coefficient (Wildman–Crippen LogP) is 3.03. The van der Waals surface area contributed by atoms with Gasteiger partial charge in [0.1, 0.15) is 5.69 Å². The lowest BCUT2D eigenvalue weighted by atomic mass is 10.1. The molecule has 0 radical (unpaired) electrons. The number of aryl methyl sites for hydroxylation is 1. The lowest BCUT2D eigenvalue weighted by Crippen LogP contribution is -2.31. The highest BCUT2D eigenvalue weighted by molar-refractivity contribution is 5.63. The Morgan fingerprint density at radius 2 is 1.50 bits per heavy atom. The van der Waals surface area contributed by atoms with E-state index in [4.69, 9.17) is 4.98 Å². The van der Waals surface area contributed by atoms with Gasteiger partial charge in [0, 0.05) is 39.3 Å². The zero-order valence-corrected chi connectivity index (χ0v) is 20.6. The number of nitro groups is 1. The Labute approximate surface area is 192 Å². The molecule has 0 spiro atoms. The second kappa shape index (κ2) is 11.2. The van der Waals surface area contributed by atoms with E-state index in [-0.39, 0.29) is 10.6 Å². The Kier molecular flexibility index (Phi) is 8.64. The van der Waals surface area contributed by atoms with Crippen molar-refractivity contribution in [3.8, 4) is 0 Å². The molecule has 0 saturated carbocycles. The molecular formula is C23H41N7O2. The lowest BCUT2D eigenvalue weighted by molar-refractivity contribution is -0.385. The number of hydrogen-bond donors (Lipinski definition) is 0. The van der Waals surface area contributed by atoms with Gasteiger partial charge in [0.2, 0.25) is 11.8 Å². The molecule has 1 aromatic heterocycles. The van der Waals surface area contributed by atoms with Crippen LogP contribution in [0.5, 0.6) is 0 Å². The van der Waals surface area contributed by atoms with Crippen molar-refractivity contribution >= 4 is 17.5 Å². The molecule has 180 valence electrons. The maximum Gasteiger partial charge on any atom is 0.332 e. The Morgan fingerprint density at radius 3 is 2.03 bits per heavy atom. The van der Waals surface area contributed by atoms with Crippen molar-refractivity contribution in [3.63, 3.8) is 0 Å². The van der Waals surface area contributed by atoms with Crippen molar-refractivity contribution in [3.05, 3.63) is 15.8 Å². The van der Waals surface area contributed by atoms with E-state index < -0.39 is 0 Å². The molecule has 2 atom stereocenters. The third-order valence-electron chi connectivity index (χ3n) is 6.72. The van der Waals surface area contributed by atoms with Crippen LogP contribution in [0.1, 0.15) is 45.2 Å². The minimum atomic E-state index is -0.308. The summed E-state index contributed by atoms with van der Waals surface area (Å²) in [4.78, 5) is 30.0. The average Bonchev–Trinajstić information content (AvgIpc) is 3.37. The molecule has 2 saturated heterocycles. The smallest absolute Gasteiger partial charge is 0.332 e. The van der Waals surface area contributed by atoms with Crippen molar-refractivity contribution in [2.45, 2.75) is 46.5 Å². The minimum Gasteiger partial charge on any atom is -0.350 e. The summed E-state index contributed by atoms with van der Waals surface area (Å²) in [5, 5.41) is 11.9. The number of rotatable bonds is 11. The summed E-state index contributed by atoms with van der Waals surface area (Å²) < 4.78 is 0. The molecule has 32 heavy (non-hydrogen) atoms. The van der Waals surface area contributed by atoms with Crippen molar-refractivity contribution in [2.75, 3.05) is 76.3 Å². The molecule has 0 aliphatic carbocycles. The first kappa shape index (κ1) is 24.6. The van der Waals surface area contributed by atoms with Crippen LogP contribution < -0.4 is 9.80 Å². The fourth-order valence-electron chi connectivity index (χ4n) is 5.28. The third-order valence-corrected chi connectivity index (χ3v) is 6.72. The van der Waals surface area contributed by atoms with Crippen LogP contribution in [0.25, 0.3) is 0 Å². The van der Waals surface area contributed by atoms with Crippen LogP contribution in [0, 0.1) is 28.9 Å². The van der Waals surface area contributed by atoms with Gasteiger partial charge in [-0.15, -0.1) is 0 Å². The molecule has 0 unspecified atom stereocenters. The maximum atomic E-state index is 11.9. The second-order valence-electron chi connectivity index (χ2n) is 9.76. The first-order valence-corrected chi connectivity index (χ1v) is 12.2. The molecule has 0 N–H and O–H groups in total. The van der Waals surface area contributed by atoms with E-state index in [2.05, 4.69) is 52.5 Å². The minimum absolute atomic E-state index is 0.0646. The van der Waals surface area contributed by atoms with E-state index in [0.29, 0.717) is 29.3 Å². The fraction of sp³-hybridized carbons (Fsp3) is 0.826. The van der Waals surface area contributed by atoms with Gasteiger partial charge >= 0.3 is 5.69 Å². The number of anilines is 2. The summed E-state index contributed by atoms with van der Waals surface area (Å²) in [7, 11) is 4.34. The fourth-order valence-corrected chi connectivity index (χ4v) is 5.28. The first-order chi connectivity index (χ1) is 15.3. The molecule has 0 bridgehead atoms. The number of nitrogens with zero attached hydrogens (tertiary/aromatic N) is 7. The SMILES string of the molecule is CCCN(C)C[C@H]1CCN(c2nc(C)c([N+](=O)[O-])c(N3CC[C@H](CN(C)CCC)C3)n2)C1. The topological polar surface area (TPSA) is 81.9 Å². The molecule has 0 aromatic carbocycles. The van der Waals surface area contributed by atoms with Gasteiger partial charge in [-0.1, -0.05) is 13.8 Å². The van der Waals surface area contributed by atoms with Crippen LogP contribution in [0.4, 0.5) is 17.5 Å².